The van der Waals surface area contributed by atoms with Gasteiger partial charge in [-0.3, -0.25) is 0 Å². The van der Waals surface area contributed by atoms with Crippen molar-refractivity contribution in [3.05, 3.63) is 35.6 Å². The van der Waals surface area contributed by atoms with Gasteiger partial charge >= 0.3 is 0 Å². The van der Waals surface area contributed by atoms with Crippen molar-refractivity contribution < 1.29 is 4.52 Å². The third-order valence-corrected chi connectivity index (χ3v) is 4.64. The number of benzene rings is 1. The molecule has 0 atom stereocenters. The Morgan fingerprint density at radius 3 is 2.55 bits per heavy atom. The van der Waals surface area contributed by atoms with Crippen LogP contribution in [0.2, 0.25) is 0 Å². The van der Waals surface area contributed by atoms with Crippen molar-refractivity contribution in [2.24, 2.45) is 0 Å². The molecule has 1 fully saturated rings. The average molecular weight is 270 g/mol. The van der Waals surface area contributed by atoms with Crippen LogP contribution in [0.3, 0.4) is 0 Å². The molecule has 1 aliphatic rings. The smallest absolute Gasteiger partial charge is 0.175 e. The van der Waals surface area contributed by atoms with Crippen molar-refractivity contribution in [2.45, 2.75) is 51.4 Å². The van der Waals surface area contributed by atoms with E-state index in [4.69, 9.17) is 10.3 Å². The van der Waals surface area contributed by atoms with Crippen molar-refractivity contribution in [1.82, 2.24) is 5.16 Å². The zero-order valence-corrected chi connectivity index (χ0v) is 12.3. The van der Waals surface area contributed by atoms with Gasteiger partial charge in [0.25, 0.3) is 0 Å². The van der Waals surface area contributed by atoms with Gasteiger partial charge in [0, 0.05) is 5.41 Å². The number of hydrogen-bond donors (Lipinski definition) is 1. The Morgan fingerprint density at radius 2 is 1.85 bits per heavy atom. The number of nitrogens with two attached hydrogens (primary N) is 1. The van der Waals surface area contributed by atoms with Crippen LogP contribution in [0.15, 0.2) is 28.8 Å². The first kappa shape index (κ1) is 13.2. The fourth-order valence-corrected chi connectivity index (χ4v) is 3.39. The fraction of sp³-hybridized carbons (Fsp3) is 0.471. The highest BCUT2D eigenvalue weighted by Gasteiger charge is 2.36. The lowest BCUT2D eigenvalue weighted by Gasteiger charge is -2.31. The van der Waals surface area contributed by atoms with Crippen LogP contribution in [-0.2, 0) is 5.41 Å². The highest BCUT2D eigenvalue weighted by molar-refractivity contribution is 5.78. The van der Waals surface area contributed by atoms with E-state index in [1.54, 1.807) is 0 Å². The highest BCUT2D eigenvalue weighted by Crippen LogP contribution is 2.45. The number of aryl methyl sites for hydroxylation is 1. The molecule has 1 heterocycles. The molecule has 0 saturated heterocycles. The Hall–Kier alpha value is -1.77. The molecule has 1 aromatic heterocycles. The van der Waals surface area contributed by atoms with E-state index in [1.165, 1.54) is 24.8 Å². The number of anilines is 1. The Kier molecular flexibility index (Phi) is 3.28. The molecule has 106 valence electrons. The monoisotopic (exact) mass is 270 g/mol. The van der Waals surface area contributed by atoms with E-state index < -0.39 is 0 Å². The maximum atomic E-state index is 6.10. The van der Waals surface area contributed by atoms with Crippen LogP contribution in [0.1, 0.15) is 50.4 Å². The van der Waals surface area contributed by atoms with Gasteiger partial charge in [-0.25, -0.2) is 0 Å². The molecule has 1 saturated carbocycles. The number of nitrogen functional groups attached to an aromatic ring is 1. The molecule has 1 aromatic carbocycles. The van der Waals surface area contributed by atoms with E-state index in [9.17, 15) is 0 Å². The molecule has 3 rings (SSSR count). The van der Waals surface area contributed by atoms with E-state index in [0.29, 0.717) is 5.82 Å². The summed E-state index contributed by atoms with van der Waals surface area (Å²) in [5.74, 6) is 1.49. The van der Waals surface area contributed by atoms with Gasteiger partial charge in [-0.1, -0.05) is 55.6 Å². The third kappa shape index (κ3) is 2.11. The van der Waals surface area contributed by atoms with Crippen LogP contribution >= 0.6 is 0 Å². The largest absolute Gasteiger partial charge is 0.380 e. The Balaban J connectivity index is 2.13. The second kappa shape index (κ2) is 4.97. The fourth-order valence-electron chi connectivity index (χ4n) is 3.39. The summed E-state index contributed by atoms with van der Waals surface area (Å²) in [4.78, 5) is 0. The molecule has 2 aromatic rings. The standard InChI is InChI=1S/C17H22N2O/c1-12-8-4-5-9-13(12)14-15(20-19-16(14)18)17(2)10-6-3-7-11-17/h4-5,8-9H,3,6-7,10-11H2,1-2H3,(H2,18,19). The predicted octanol–water partition coefficient (Wildman–Crippen LogP) is 4.45. The zero-order chi connectivity index (χ0) is 14.2. The molecule has 0 aliphatic heterocycles. The Labute approximate surface area is 120 Å². The van der Waals surface area contributed by atoms with Crippen LogP contribution < -0.4 is 5.73 Å². The highest BCUT2D eigenvalue weighted by atomic mass is 16.5. The lowest BCUT2D eigenvalue weighted by Crippen LogP contribution is -2.25. The van der Waals surface area contributed by atoms with Gasteiger partial charge in [0.1, 0.15) is 0 Å². The summed E-state index contributed by atoms with van der Waals surface area (Å²) in [5, 5.41) is 4.06. The number of hydrogen-bond acceptors (Lipinski definition) is 3. The van der Waals surface area contributed by atoms with Crippen molar-refractivity contribution in [3.63, 3.8) is 0 Å². The molecule has 1 aliphatic carbocycles. The number of nitrogens with zero attached hydrogens (tertiary/aromatic N) is 1. The minimum absolute atomic E-state index is 0.0699. The number of aromatic nitrogens is 1. The quantitative estimate of drug-likeness (QED) is 0.876. The van der Waals surface area contributed by atoms with Crippen LogP contribution in [0.25, 0.3) is 11.1 Å². The van der Waals surface area contributed by atoms with Gasteiger partial charge in [0.2, 0.25) is 0 Å². The van der Waals surface area contributed by atoms with Crippen molar-refractivity contribution in [3.8, 4) is 11.1 Å². The molecule has 0 bridgehead atoms. The van der Waals surface area contributed by atoms with E-state index in [2.05, 4.69) is 31.1 Å². The molecular formula is C17H22N2O. The van der Waals surface area contributed by atoms with Crippen LogP contribution in [0, 0.1) is 6.92 Å². The van der Waals surface area contributed by atoms with E-state index in [-0.39, 0.29) is 5.41 Å². The zero-order valence-electron chi connectivity index (χ0n) is 12.3. The minimum atomic E-state index is 0.0699. The van der Waals surface area contributed by atoms with E-state index in [0.717, 1.165) is 29.7 Å². The maximum Gasteiger partial charge on any atom is 0.175 e. The summed E-state index contributed by atoms with van der Waals surface area (Å²) in [6.07, 6.45) is 6.13. The molecule has 3 heteroatoms. The second-order valence-corrected chi connectivity index (χ2v) is 6.21. The van der Waals surface area contributed by atoms with Gasteiger partial charge in [-0.05, 0) is 30.9 Å². The van der Waals surface area contributed by atoms with E-state index in [1.807, 2.05) is 12.1 Å². The first-order chi connectivity index (χ1) is 9.62. The minimum Gasteiger partial charge on any atom is -0.380 e. The lowest BCUT2D eigenvalue weighted by molar-refractivity contribution is 0.242. The van der Waals surface area contributed by atoms with Crippen molar-refractivity contribution in [2.75, 3.05) is 5.73 Å². The molecule has 3 nitrogen and oxygen atoms in total. The second-order valence-electron chi connectivity index (χ2n) is 6.21. The first-order valence-corrected chi connectivity index (χ1v) is 7.43. The third-order valence-electron chi connectivity index (χ3n) is 4.64. The van der Waals surface area contributed by atoms with Crippen molar-refractivity contribution in [1.29, 1.82) is 0 Å². The summed E-state index contributed by atoms with van der Waals surface area (Å²) in [5.41, 5.74) is 9.54. The topological polar surface area (TPSA) is 52.0 Å². The van der Waals surface area contributed by atoms with Crippen LogP contribution in [0.4, 0.5) is 5.82 Å². The van der Waals surface area contributed by atoms with Gasteiger partial charge in [0.05, 0.1) is 5.56 Å². The molecule has 0 spiro atoms. The first-order valence-electron chi connectivity index (χ1n) is 7.43. The van der Waals surface area contributed by atoms with Crippen LogP contribution in [-0.4, -0.2) is 5.16 Å². The summed E-state index contributed by atoms with van der Waals surface area (Å²) in [6, 6.07) is 8.30. The van der Waals surface area contributed by atoms with Gasteiger partial charge in [-0.15, -0.1) is 0 Å². The van der Waals surface area contributed by atoms with Gasteiger partial charge < -0.3 is 10.3 Å². The summed E-state index contributed by atoms with van der Waals surface area (Å²) in [7, 11) is 0. The Morgan fingerprint density at radius 1 is 1.15 bits per heavy atom. The number of rotatable bonds is 2. The van der Waals surface area contributed by atoms with Gasteiger partial charge in [0.15, 0.2) is 11.6 Å². The molecule has 0 amide bonds. The van der Waals surface area contributed by atoms with Crippen molar-refractivity contribution >= 4 is 5.82 Å². The SMILES string of the molecule is Cc1ccccc1-c1c(N)noc1C1(C)CCCCC1. The van der Waals surface area contributed by atoms with E-state index >= 15 is 0 Å². The summed E-state index contributed by atoms with van der Waals surface area (Å²) >= 11 is 0. The van der Waals surface area contributed by atoms with Crippen LogP contribution in [0.5, 0.6) is 0 Å². The molecule has 2 N–H and O–H groups in total. The maximum absolute atomic E-state index is 6.10. The normalized spacial score (nSPS) is 18.1. The molecular weight excluding hydrogens is 248 g/mol. The van der Waals surface area contributed by atoms with Gasteiger partial charge in [-0.2, -0.15) is 0 Å². The molecule has 0 unspecified atom stereocenters. The predicted molar refractivity (Wildman–Crippen MR) is 81.5 cm³/mol. The molecule has 0 radical (unpaired) electrons. The lowest BCUT2D eigenvalue weighted by atomic mass is 9.72. The summed E-state index contributed by atoms with van der Waals surface area (Å²) < 4.78 is 5.67. The average Bonchev–Trinajstić information content (AvgIpc) is 2.83. The molecule has 20 heavy (non-hydrogen) atoms. The summed E-state index contributed by atoms with van der Waals surface area (Å²) in [6.45, 7) is 4.39. The Bertz CT molecular complexity index is 609.